The number of aliphatic hydroxyl groups is 1. The lowest BCUT2D eigenvalue weighted by atomic mass is 9.64. The number of rotatable bonds is 7. The van der Waals surface area contributed by atoms with E-state index in [4.69, 9.17) is 4.74 Å². The van der Waals surface area contributed by atoms with Crippen molar-refractivity contribution in [1.82, 2.24) is 5.32 Å². The van der Waals surface area contributed by atoms with Crippen LogP contribution in [0.15, 0.2) is 30.3 Å². The van der Waals surface area contributed by atoms with Crippen molar-refractivity contribution in [3.8, 4) is 0 Å². The Morgan fingerprint density at radius 1 is 1.35 bits per heavy atom. The summed E-state index contributed by atoms with van der Waals surface area (Å²) in [6, 6.07) is 10.6. The molecule has 0 radical (unpaired) electrons. The molecule has 3 unspecified atom stereocenters. The summed E-state index contributed by atoms with van der Waals surface area (Å²) < 4.78 is 5.72. The zero-order valence-corrected chi connectivity index (χ0v) is 12.8. The molecule has 0 bridgehead atoms. The van der Waals surface area contributed by atoms with Crippen LogP contribution < -0.4 is 5.32 Å². The maximum absolute atomic E-state index is 10.1. The molecule has 1 aromatic rings. The standard InChI is InChI=1S/C17H27NO2/c1-4-20-16-11-15(17(16,2)3)18-12-14(19)10-13-8-6-5-7-9-13/h5-9,14-16,18-19H,4,10-12H2,1-3H3. The van der Waals surface area contributed by atoms with Crippen molar-refractivity contribution in [3.05, 3.63) is 35.9 Å². The van der Waals surface area contributed by atoms with E-state index in [0.717, 1.165) is 13.0 Å². The maximum Gasteiger partial charge on any atom is 0.0704 e. The van der Waals surface area contributed by atoms with Crippen LogP contribution in [0.2, 0.25) is 0 Å². The van der Waals surface area contributed by atoms with Gasteiger partial charge in [-0.2, -0.15) is 0 Å². The van der Waals surface area contributed by atoms with Crippen molar-refractivity contribution in [2.45, 2.75) is 51.9 Å². The normalized spacial score (nSPS) is 26.0. The lowest BCUT2D eigenvalue weighted by Crippen LogP contribution is -2.61. The Bertz CT molecular complexity index is 405. The van der Waals surface area contributed by atoms with Gasteiger partial charge in [0.1, 0.15) is 0 Å². The molecular formula is C17H27NO2. The molecule has 1 fully saturated rings. The molecule has 3 atom stereocenters. The Labute approximate surface area is 122 Å². The highest BCUT2D eigenvalue weighted by Gasteiger charge is 2.48. The fourth-order valence-corrected chi connectivity index (χ4v) is 2.95. The molecule has 112 valence electrons. The molecule has 20 heavy (non-hydrogen) atoms. The van der Waals surface area contributed by atoms with Gasteiger partial charge in [0.25, 0.3) is 0 Å². The van der Waals surface area contributed by atoms with Crippen LogP contribution in [0, 0.1) is 5.41 Å². The summed E-state index contributed by atoms with van der Waals surface area (Å²) >= 11 is 0. The summed E-state index contributed by atoms with van der Waals surface area (Å²) in [5, 5.41) is 13.6. The van der Waals surface area contributed by atoms with E-state index in [1.807, 2.05) is 25.1 Å². The number of nitrogens with one attached hydrogen (secondary N) is 1. The van der Waals surface area contributed by atoms with Crippen molar-refractivity contribution in [2.75, 3.05) is 13.2 Å². The number of aliphatic hydroxyl groups excluding tert-OH is 1. The summed E-state index contributed by atoms with van der Waals surface area (Å²) in [6.07, 6.45) is 1.75. The van der Waals surface area contributed by atoms with E-state index >= 15 is 0 Å². The van der Waals surface area contributed by atoms with E-state index in [9.17, 15) is 5.11 Å². The number of ether oxygens (including phenoxy) is 1. The minimum atomic E-state index is -0.334. The molecule has 0 aliphatic heterocycles. The molecule has 1 saturated carbocycles. The largest absolute Gasteiger partial charge is 0.391 e. The second-order valence-corrected chi connectivity index (χ2v) is 6.31. The maximum atomic E-state index is 10.1. The van der Waals surface area contributed by atoms with Crippen LogP contribution in [-0.2, 0) is 11.2 Å². The second kappa shape index (κ2) is 6.70. The van der Waals surface area contributed by atoms with Crippen LogP contribution in [0.4, 0.5) is 0 Å². The highest BCUT2D eigenvalue weighted by molar-refractivity contribution is 5.15. The zero-order chi connectivity index (χ0) is 14.6. The van der Waals surface area contributed by atoms with Crippen molar-refractivity contribution >= 4 is 0 Å². The van der Waals surface area contributed by atoms with Crippen LogP contribution in [-0.4, -0.2) is 36.5 Å². The lowest BCUT2D eigenvalue weighted by molar-refractivity contribution is -0.115. The second-order valence-electron chi connectivity index (χ2n) is 6.31. The zero-order valence-electron chi connectivity index (χ0n) is 12.8. The lowest BCUT2D eigenvalue weighted by Gasteiger charge is -2.52. The van der Waals surface area contributed by atoms with Crippen molar-refractivity contribution in [1.29, 1.82) is 0 Å². The Balaban J connectivity index is 1.73. The summed E-state index contributed by atoms with van der Waals surface area (Å²) in [4.78, 5) is 0. The Morgan fingerprint density at radius 2 is 2.05 bits per heavy atom. The van der Waals surface area contributed by atoms with Gasteiger partial charge in [0, 0.05) is 24.6 Å². The summed E-state index contributed by atoms with van der Waals surface area (Å²) in [6.45, 7) is 7.93. The molecule has 3 nitrogen and oxygen atoms in total. The third-order valence-corrected chi connectivity index (χ3v) is 4.46. The van der Waals surface area contributed by atoms with Gasteiger partial charge in [-0.1, -0.05) is 44.2 Å². The first-order valence-electron chi connectivity index (χ1n) is 7.61. The fraction of sp³-hybridized carbons (Fsp3) is 0.647. The Kier molecular flexibility index (Phi) is 5.19. The van der Waals surface area contributed by atoms with E-state index in [1.165, 1.54) is 5.56 Å². The van der Waals surface area contributed by atoms with Gasteiger partial charge in [-0.15, -0.1) is 0 Å². The topological polar surface area (TPSA) is 41.5 Å². The highest BCUT2D eigenvalue weighted by Crippen LogP contribution is 2.42. The summed E-state index contributed by atoms with van der Waals surface area (Å²) in [5.41, 5.74) is 1.34. The molecule has 0 aromatic heterocycles. The summed E-state index contributed by atoms with van der Waals surface area (Å²) in [5.74, 6) is 0. The average Bonchev–Trinajstić information content (AvgIpc) is 2.43. The van der Waals surface area contributed by atoms with Crippen LogP contribution >= 0.6 is 0 Å². The molecule has 1 aliphatic carbocycles. The molecule has 3 heteroatoms. The van der Waals surface area contributed by atoms with E-state index in [0.29, 0.717) is 25.1 Å². The van der Waals surface area contributed by atoms with E-state index in [1.54, 1.807) is 0 Å². The predicted octanol–water partition coefficient (Wildman–Crippen LogP) is 2.38. The van der Waals surface area contributed by atoms with Gasteiger partial charge in [-0.3, -0.25) is 0 Å². The molecule has 2 N–H and O–H groups in total. The van der Waals surface area contributed by atoms with Crippen molar-refractivity contribution in [2.24, 2.45) is 5.41 Å². The first kappa shape index (κ1) is 15.5. The van der Waals surface area contributed by atoms with Crippen molar-refractivity contribution in [3.63, 3.8) is 0 Å². The molecule has 1 aliphatic rings. The molecule has 0 saturated heterocycles. The summed E-state index contributed by atoms with van der Waals surface area (Å²) in [7, 11) is 0. The quantitative estimate of drug-likeness (QED) is 0.804. The highest BCUT2D eigenvalue weighted by atomic mass is 16.5. The van der Waals surface area contributed by atoms with Gasteiger partial charge in [-0.25, -0.2) is 0 Å². The smallest absolute Gasteiger partial charge is 0.0704 e. The number of hydrogen-bond donors (Lipinski definition) is 2. The SMILES string of the molecule is CCOC1CC(NCC(O)Cc2ccccc2)C1(C)C. The number of hydrogen-bond acceptors (Lipinski definition) is 3. The first-order valence-corrected chi connectivity index (χ1v) is 7.61. The van der Waals surface area contributed by atoms with Crippen LogP contribution in [0.25, 0.3) is 0 Å². The van der Waals surface area contributed by atoms with Crippen LogP contribution in [0.1, 0.15) is 32.8 Å². The molecule has 1 aromatic carbocycles. The van der Waals surface area contributed by atoms with Crippen LogP contribution in [0.5, 0.6) is 0 Å². The minimum absolute atomic E-state index is 0.155. The first-order chi connectivity index (χ1) is 9.54. The number of benzene rings is 1. The van der Waals surface area contributed by atoms with Crippen molar-refractivity contribution < 1.29 is 9.84 Å². The van der Waals surface area contributed by atoms with Gasteiger partial charge < -0.3 is 15.2 Å². The molecular weight excluding hydrogens is 250 g/mol. The van der Waals surface area contributed by atoms with Crippen LogP contribution in [0.3, 0.4) is 0 Å². The Morgan fingerprint density at radius 3 is 2.65 bits per heavy atom. The molecule has 2 rings (SSSR count). The third kappa shape index (κ3) is 3.60. The van der Waals surface area contributed by atoms with E-state index < -0.39 is 0 Å². The monoisotopic (exact) mass is 277 g/mol. The Hall–Kier alpha value is -0.900. The van der Waals surface area contributed by atoms with Gasteiger partial charge in [-0.05, 0) is 25.3 Å². The fourth-order valence-electron chi connectivity index (χ4n) is 2.95. The van der Waals surface area contributed by atoms with E-state index in [-0.39, 0.29) is 11.5 Å². The third-order valence-electron chi connectivity index (χ3n) is 4.46. The molecule has 0 spiro atoms. The minimum Gasteiger partial charge on any atom is -0.391 e. The van der Waals surface area contributed by atoms with E-state index in [2.05, 4.69) is 31.3 Å². The predicted molar refractivity (Wildman–Crippen MR) is 81.8 cm³/mol. The van der Waals surface area contributed by atoms with Gasteiger partial charge >= 0.3 is 0 Å². The molecule has 0 amide bonds. The van der Waals surface area contributed by atoms with Gasteiger partial charge in [0.05, 0.1) is 12.2 Å². The molecule has 0 heterocycles. The average molecular weight is 277 g/mol. The van der Waals surface area contributed by atoms with Gasteiger partial charge in [0.15, 0.2) is 0 Å². The van der Waals surface area contributed by atoms with Gasteiger partial charge in [0.2, 0.25) is 0 Å².